The highest BCUT2D eigenvalue weighted by Crippen LogP contribution is 2.14. The zero-order chi connectivity index (χ0) is 12.4. The summed E-state index contributed by atoms with van der Waals surface area (Å²) in [6.45, 7) is 6.00. The molecule has 17 heavy (non-hydrogen) atoms. The maximum absolute atomic E-state index is 11.6. The summed E-state index contributed by atoms with van der Waals surface area (Å²) in [6.07, 6.45) is 3.57. The number of nitrogens with zero attached hydrogens (tertiary/aromatic N) is 2. The minimum atomic E-state index is -0.106. The molecule has 0 saturated carbocycles. The van der Waals surface area contributed by atoms with Gasteiger partial charge >= 0.3 is 0 Å². The lowest BCUT2D eigenvalue weighted by Gasteiger charge is -2.04. The van der Waals surface area contributed by atoms with Gasteiger partial charge in [-0.1, -0.05) is 13.8 Å². The first-order valence-corrected chi connectivity index (χ1v) is 5.72. The van der Waals surface area contributed by atoms with E-state index >= 15 is 0 Å². The molecule has 4 nitrogen and oxygen atoms in total. The Labute approximate surface area is 98.9 Å². The second kappa shape index (κ2) is 4.41. The lowest BCUT2D eigenvalue weighted by Crippen LogP contribution is -2.10. The van der Waals surface area contributed by atoms with Crippen molar-refractivity contribution < 1.29 is 0 Å². The maximum atomic E-state index is 11.6. The van der Waals surface area contributed by atoms with Crippen LogP contribution in [0.5, 0.6) is 0 Å². The number of rotatable bonds is 0. The topological polar surface area (TPSA) is 50.2 Å². The van der Waals surface area contributed by atoms with E-state index in [4.69, 9.17) is 0 Å². The van der Waals surface area contributed by atoms with E-state index in [9.17, 15) is 4.79 Å². The molecule has 0 radical (unpaired) electrons. The van der Waals surface area contributed by atoms with E-state index in [-0.39, 0.29) is 5.56 Å². The Morgan fingerprint density at radius 3 is 2.82 bits per heavy atom. The van der Waals surface area contributed by atoms with E-state index in [1.54, 1.807) is 12.3 Å². The summed E-state index contributed by atoms with van der Waals surface area (Å²) in [4.78, 5) is 18.6. The van der Waals surface area contributed by atoms with Gasteiger partial charge in [-0.3, -0.25) is 4.79 Å². The Morgan fingerprint density at radius 1 is 1.29 bits per heavy atom. The lowest BCUT2D eigenvalue weighted by atomic mass is 10.2. The van der Waals surface area contributed by atoms with Gasteiger partial charge in [0.2, 0.25) is 0 Å². The highest BCUT2D eigenvalue weighted by molar-refractivity contribution is 5.77. The van der Waals surface area contributed by atoms with Crippen molar-refractivity contribution in [3.05, 3.63) is 46.5 Å². The number of aryl methyl sites for hydroxylation is 1. The fourth-order valence-electron chi connectivity index (χ4n) is 1.88. The van der Waals surface area contributed by atoms with E-state index in [0.29, 0.717) is 11.2 Å². The fourth-order valence-corrected chi connectivity index (χ4v) is 1.88. The van der Waals surface area contributed by atoms with Gasteiger partial charge in [0.25, 0.3) is 5.56 Å². The smallest absolute Gasteiger partial charge is 0.273 e. The van der Waals surface area contributed by atoms with Crippen LogP contribution in [0.15, 0.2) is 35.4 Å². The molecule has 0 atom stereocenters. The van der Waals surface area contributed by atoms with Crippen LogP contribution in [0.2, 0.25) is 0 Å². The highest BCUT2D eigenvalue weighted by atomic mass is 16.1. The third-order valence-electron chi connectivity index (χ3n) is 2.58. The Kier molecular flexibility index (Phi) is 2.95. The Morgan fingerprint density at radius 2 is 2.06 bits per heavy atom. The number of hydrogen-bond donors (Lipinski definition) is 1. The molecule has 4 heteroatoms. The second-order valence-electron chi connectivity index (χ2n) is 3.54. The van der Waals surface area contributed by atoms with E-state index < -0.39 is 0 Å². The lowest BCUT2D eigenvalue weighted by molar-refractivity contribution is 1.14. The zero-order valence-electron chi connectivity index (χ0n) is 10.2. The Hall–Kier alpha value is -2.10. The SMILES string of the molecule is CC.Cc1ccnc2[nH]c(=O)c3cccn3c12. The molecule has 0 spiro atoms. The van der Waals surface area contributed by atoms with Crippen molar-refractivity contribution in [2.75, 3.05) is 0 Å². The second-order valence-corrected chi connectivity index (χ2v) is 3.54. The van der Waals surface area contributed by atoms with Gasteiger partial charge in [0, 0.05) is 12.4 Å². The van der Waals surface area contributed by atoms with Crippen LogP contribution < -0.4 is 5.56 Å². The largest absolute Gasteiger partial charge is 0.309 e. The third-order valence-corrected chi connectivity index (χ3v) is 2.58. The van der Waals surface area contributed by atoms with Crippen LogP contribution in [0.3, 0.4) is 0 Å². The number of aromatic nitrogens is 3. The van der Waals surface area contributed by atoms with Crippen molar-refractivity contribution in [3.63, 3.8) is 0 Å². The Balaban J connectivity index is 0.000000514. The quantitative estimate of drug-likeness (QED) is 0.644. The molecular weight excluding hydrogens is 214 g/mol. The molecule has 3 aromatic rings. The van der Waals surface area contributed by atoms with Crippen molar-refractivity contribution in [1.29, 1.82) is 0 Å². The highest BCUT2D eigenvalue weighted by Gasteiger charge is 2.06. The van der Waals surface area contributed by atoms with Gasteiger partial charge < -0.3 is 9.38 Å². The molecule has 0 bridgehead atoms. The normalized spacial score (nSPS) is 10.3. The van der Waals surface area contributed by atoms with Crippen molar-refractivity contribution in [2.24, 2.45) is 0 Å². The molecule has 0 amide bonds. The van der Waals surface area contributed by atoms with Gasteiger partial charge in [-0.2, -0.15) is 0 Å². The molecular formula is C13H15N3O. The van der Waals surface area contributed by atoms with E-state index in [2.05, 4.69) is 9.97 Å². The summed E-state index contributed by atoms with van der Waals surface area (Å²) < 4.78 is 1.87. The van der Waals surface area contributed by atoms with Crippen LogP contribution in [0, 0.1) is 6.92 Å². The first-order valence-electron chi connectivity index (χ1n) is 5.72. The van der Waals surface area contributed by atoms with Gasteiger partial charge in [0.1, 0.15) is 5.52 Å². The minimum Gasteiger partial charge on any atom is -0.309 e. The van der Waals surface area contributed by atoms with E-state index in [1.807, 2.05) is 43.5 Å². The predicted octanol–water partition coefficient (Wildman–Crippen LogP) is 2.51. The monoisotopic (exact) mass is 229 g/mol. The first kappa shape index (κ1) is 11.4. The molecule has 88 valence electrons. The van der Waals surface area contributed by atoms with Crippen LogP contribution in [-0.4, -0.2) is 14.4 Å². The predicted molar refractivity (Wildman–Crippen MR) is 69.4 cm³/mol. The van der Waals surface area contributed by atoms with Crippen LogP contribution >= 0.6 is 0 Å². The van der Waals surface area contributed by atoms with Crippen LogP contribution in [-0.2, 0) is 0 Å². The molecule has 0 aliphatic heterocycles. The van der Waals surface area contributed by atoms with Crippen molar-refractivity contribution >= 4 is 16.7 Å². The average Bonchev–Trinajstić information content (AvgIpc) is 2.81. The summed E-state index contributed by atoms with van der Waals surface area (Å²) in [5.41, 5.74) is 3.22. The summed E-state index contributed by atoms with van der Waals surface area (Å²) >= 11 is 0. The van der Waals surface area contributed by atoms with Crippen LogP contribution in [0.1, 0.15) is 19.4 Å². The number of H-pyrrole nitrogens is 1. The molecule has 0 fully saturated rings. The van der Waals surface area contributed by atoms with Crippen LogP contribution in [0.25, 0.3) is 16.7 Å². The zero-order valence-corrected chi connectivity index (χ0v) is 10.2. The summed E-state index contributed by atoms with van der Waals surface area (Å²) in [6, 6.07) is 5.58. The van der Waals surface area contributed by atoms with Gasteiger partial charge in [-0.15, -0.1) is 0 Å². The maximum Gasteiger partial charge on any atom is 0.273 e. The minimum absolute atomic E-state index is 0.106. The number of nitrogens with one attached hydrogen (secondary N) is 1. The molecule has 1 N–H and O–H groups in total. The molecule has 0 aliphatic carbocycles. The van der Waals surface area contributed by atoms with Crippen molar-refractivity contribution in [3.8, 4) is 0 Å². The summed E-state index contributed by atoms with van der Waals surface area (Å²) in [5.74, 6) is 0. The van der Waals surface area contributed by atoms with Gasteiger partial charge in [0.05, 0.1) is 5.52 Å². The van der Waals surface area contributed by atoms with E-state index in [1.165, 1.54) is 0 Å². The summed E-state index contributed by atoms with van der Waals surface area (Å²) in [7, 11) is 0. The standard InChI is InChI=1S/C11H9N3O.C2H6/c1-7-4-5-12-10-9(7)14-6-2-3-8(14)11(15)13-10;1-2/h2-6H,1H3,(H,12,13,15);1-2H3. The number of fused-ring (bicyclic) bond motifs is 3. The van der Waals surface area contributed by atoms with Crippen molar-refractivity contribution in [1.82, 2.24) is 14.4 Å². The van der Waals surface area contributed by atoms with Crippen LogP contribution in [0.4, 0.5) is 0 Å². The number of pyridine rings is 1. The average molecular weight is 229 g/mol. The van der Waals surface area contributed by atoms with Gasteiger partial charge in [-0.05, 0) is 30.7 Å². The molecule has 0 aromatic carbocycles. The third kappa shape index (κ3) is 1.71. The number of aromatic amines is 1. The molecule has 3 heterocycles. The molecule has 3 aromatic heterocycles. The molecule has 0 saturated heterocycles. The van der Waals surface area contributed by atoms with E-state index in [0.717, 1.165) is 11.1 Å². The molecule has 0 unspecified atom stereocenters. The molecule has 3 rings (SSSR count). The van der Waals surface area contributed by atoms with Gasteiger partial charge in [0.15, 0.2) is 5.65 Å². The van der Waals surface area contributed by atoms with Crippen molar-refractivity contribution in [2.45, 2.75) is 20.8 Å². The molecule has 0 aliphatic rings. The Bertz CT molecular complexity index is 709. The number of hydrogen-bond acceptors (Lipinski definition) is 2. The summed E-state index contributed by atoms with van der Waals surface area (Å²) in [5, 5.41) is 0. The van der Waals surface area contributed by atoms with Gasteiger partial charge in [-0.25, -0.2) is 4.98 Å². The fraction of sp³-hybridized carbons (Fsp3) is 0.231. The first-order chi connectivity index (χ1) is 8.27.